The first-order valence-corrected chi connectivity index (χ1v) is 11.6. The molecule has 158 valence electrons. The maximum Gasteiger partial charge on any atom is 0.258 e. The van der Waals surface area contributed by atoms with Gasteiger partial charge in [0, 0.05) is 31.6 Å². The van der Waals surface area contributed by atoms with Crippen molar-refractivity contribution in [2.45, 2.75) is 37.3 Å². The SMILES string of the molecule is Cc1cccc2c(=O)[nH]c(CSC3CCN(Cc4ccc(N(C)C)cc4)CC3)nc12. The summed E-state index contributed by atoms with van der Waals surface area (Å²) in [4.78, 5) is 24.7. The molecule has 1 N–H and O–H groups in total. The molecule has 4 rings (SSSR count). The first-order valence-electron chi connectivity index (χ1n) is 10.6. The van der Waals surface area contributed by atoms with E-state index in [1.165, 1.54) is 24.1 Å². The number of fused-ring (bicyclic) bond motifs is 1. The van der Waals surface area contributed by atoms with Crippen LogP contribution in [0.15, 0.2) is 47.3 Å². The van der Waals surface area contributed by atoms with Crippen molar-refractivity contribution in [2.24, 2.45) is 0 Å². The summed E-state index contributed by atoms with van der Waals surface area (Å²) in [5.74, 6) is 1.55. The standard InChI is InChI=1S/C24H30N4OS/c1-17-5-4-6-21-23(17)25-22(26-24(21)29)16-30-20-11-13-28(14-12-20)15-18-7-9-19(10-8-18)27(2)3/h4-10,20H,11-16H2,1-3H3,(H,25,26,29). The molecule has 0 atom stereocenters. The maximum absolute atomic E-state index is 12.4. The lowest BCUT2D eigenvalue weighted by atomic mass is 10.1. The van der Waals surface area contributed by atoms with Crippen LogP contribution in [0.1, 0.15) is 29.8 Å². The van der Waals surface area contributed by atoms with E-state index in [9.17, 15) is 4.79 Å². The smallest absolute Gasteiger partial charge is 0.258 e. The second kappa shape index (κ2) is 9.23. The summed E-state index contributed by atoms with van der Waals surface area (Å²) in [6.45, 7) is 5.27. The van der Waals surface area contributed by atoms with E-state index < -0.39 is 0 Å². The summed E-state index contributed by atoms with van der Waals surface area (Å²) in [5, 5.41) is 1.30. The highest BCUT2D eigenvalue weighted by Gasteiger charge is 2.20. The van der Waals surface area contributed by atoms with Crippen molar-refractivity contribution in [3.8, 4) is 0 Å². The van der Waals surface area contributed by atoms with Crippen LogP contribution in [-0.2, 0) is 12.3 Å². The molecule has 0 radical (unpaired) electrons. The molecule has 2 heterocycles. The zero-order valence-corrected chi connectivity index (χ0v) is 18.8. The Morgan fingerprint density at radius 3 is 2.57 bits per heavy atom. The topological polar surface area (TPSA) is 52.2 Å². The third kappa shape index (κ3) is 4.87. The summed E-state index contributed by atoms with van der Waals surface area (Å²) >= 11 is 1.92. The lowest BCUT2D eigenvalue weighted by Crippen LogP contribution is -2.34. The van der Waals surface area contributed by atoms with Gasteiger partial charge in [0.2, 0.25) is 0 Å². The van der Waals surface area contributed by atoms with Gasteiger partial charge < -0.3 is 9.88 Å². The summed E-state index contributed by atoms with van der Waals surface area (Å²) in [7, 11) is 4.14. The Bertz CT molecular complexity index is 1050. The molecule has 3 aromatic rings. The number of benzene rings is 2. The summed E-state index contributed by atoms with van der Waals surface area (Å²) in [6.07, 6.45) is 2.36. The summed E-state index contributed by atoms with van der Waals surface area (Å²) < 4.78 is 0. The normalized spacial score (nSPS) is 15.6. The van der Waals surface area contributed by atoms with Crippen molar-refractivity contribution < 1.29 is 0 Å². The van der Waals surface area contributed by atoms with E-state index in [0.29, 0.717) is 10.6 Å². The van der Waals surface area contributed by atoms with Crippen LogP contribution >= 0.6 is 11.8 Å². The molecule has 1 saturated heterocycles. The van der Waals surface area contributed by atoms with E-state index in [1.54, 1.807) is 0 Å². The number of para-hydroxylation sites is 1. The Kier molecular flexibility index (Phi) is 6.44. The number of aromatic nitrogens is 2. The number of piperidine rings is 1. The zero-order chi connectivity index (χ0) is 21.1. The zero-order valence-electron chi connectivity index (χ0n) is 18.0. The van der Waals surface area contributed by atoms with Gasteiger partial charge in [-0.25, -0.2) is 4.98 Å². The van der Waals surface area contributed by atoms with Crippen LogP contribution in [0.2, 0.25) is 0 Å². The first kappa shape index (κ1) is 20.9. The van der Waals surface area contributed by atoms with Gasteiger partial charge in [0.1, 0.15) is 5.82 Å². The lowest BCUT2D eigenvalue weighted by molar-refractivity contribution is 0.225. The minimum absolute atomic E-state index is 0.0330. The van der Waals surface area contributed by atoms with E-state index in [4.69, 9.17) is 4.98 Å². The molecule has 2 aromatic carbocycles. The van der Waals surface area contributed by atoms with Gasteiger partial charge in [-0.15, -0.1) is 0 Å². The summed E-state index contributed by atoms with van der Waals surface area (Å²) in [6, 6.07) is 14.6. The molecule has 0 aliphatic carbocycles. The van der Waals surface area contributed by atoms with E-state index in [0.717, 1.165) is 42.3 Å². The Labute approximate surface area is 182 Å². The maximum atomic E-state index is 12.4. The van der Waals surface area contributed by atoms with E-state index >= 15 is 0 Å². The van der Waals surface area contributed by atoms with Crippen molar-refractivity contribution in [1.82, 2.24) is 14.9 Å². The number of hydrogen-bond acceptors (Lipinski definition) is 5. The Morgan fingerprint density at radius 2 is 1.87 bits per heavy atom. The molecule has 0 amide bonds. The molecule has 1 aliphatic rings. The van der Waals surface area contributed by atoms with E-state index in [1.807, 2.05) is 36.9 Å². The van der Waals surface area contributed by atoms with Crippen LogP contribution < -0.4 is 10.5 Å². The Hall–Kier alpha value is -2.31. The van der Waals surface area contributed by atoms with Crippen LogP contribution in [-0.4, -0.2) is 47.3 Å². The minimum atomic E-state index is -0.0330. The van der Waals surface area contributed by atoms with Crippen LogP contribution in [0.5, 0.6) is 0 Å². The van der Waals surface area contributed by atoms with Crippen LogP contribution in [0.25, 0.3) is 10.9 Å². The number of likely N-dealkylation sites (tertiary alicyclic amines) is 1. The van der Waals surface area contributed by atoms with Crippen molar-refractivity contribution in [3.05, 3.63) is 69.8 Å². The van der Waals surface area contributed by atoms with Crippen LogP contribution in [0.4, 0.5) is 5.69 Å². The monoisotopic (exact) mass is 422 g/mol. The number of hydrogen-bond donors (Lipinski definition) is 1. The first-order chi connectivity index (χ1) is 14.5. The average Bonchev–Trinajstić information content (AvgIpc) is 2.74. The number of rotatable bonds is 6. The predicted molar refractivity (Wildman–Crippen MR) is 127 cm³/mol. The number of H-pyrrole nitrogens is 1. The van der Waals surface area contributed by atoms with Crippen molar-refractivity contribution in [1.29, 1.82) is 0 Å². The molecule has 0 bridgehead atoms. The van der Waals surface area contributed by atoms with Crippen molar-refractivity contribution in [2.75, 3.05) is 32.1 Å². The van der Waals surface area contributed by atoms with Gasteiger partial charge in [-0.1, -0.05) is 24.3 Å². The van der Waals surface area contributed by atoms with E-state index in [-0.39, 0.29) is 5.56 Å². The highest BCUT2D eigenvalue weighted by Crippen LogP contribution is 2.27. The van der Waals surface area contributed by atoms with Crippen molar-refractivity contribution in [3.63, 3.8) is 0 Å². The third-order valence-corrected chi connectivity index (χ3v) is 7.22. The number of aromatic amines is 1. The van der Waals surface area contributed by atoms with Gasteiger partial charge in [-0.3, -0.25) is 9.69 Å². The molecule has 1 aromatic heterocycles. The minimum Gasteiger partial charge on any atom is -0.378 e. The highest BCUT2D eigenvalue weighted by molar-refractivity contribution is 7.99. The molecule has 30 heavy (non-hydrogen) atoms. The van der Waals surface area contributed by atoms with Gasteiger partial charge in [0.25, 0.3) is 5.56 Å². The van der Waals surface area contributed by atoms with Crippen LogP contribution in [0.3, 0.4) is 0 Å². The van der Waals surface area contributed by atoms with Gasteiger partial charge >= 0.3 is 0 Å². The molecule has 0 saturated carbocycles. The second-order valence-electron chi connectivity index (χ2n) is 8.33. The van der Waals surface area contributed by atoms with Gasteiger partial charge in [-0.2, -0.15) is 11.8 Å². The van der Waals surface area contributed by atoms with Gasteiger partial charge in [0.15, 0.2) is 0 Å². The average molecular weight is 423 g/mol. The molecule has 1 aliphatic heterocycles. The number of nitrogens with one attached hydrogen (secondary N) is 1. The second-order valence-corrected chi connectivity index (χ2v) is 9.62. The fourth-order valence-electron chi connectivity index (χ4n) is 4.01. The van der Waals surface area contributed by atoms with Crippen LogP contribution in [0, 0.1) is 6.92 Å². The molecular formula is C24H30N4OS. The van der Waals surface area contributed by atoms with Gasteiger partial charge in [0.05, 0.1) is 16.7 Å². The fraction of sp³-hybridized carbons (Fsp3) is 0.417. The number of thioether (sulfide) groups is 1. The highest BCUT2D eigenvalue weighted by atomic mass is 32.2. The quantitative estimate of drug-likeness (QED) is 0.645. The predicted octanol–water partition coefficient (Wildman–Crippen LogP) is 4.20. The fourth-order valence-corrected chi connectivity index (χ4v) is 5.08. The molecule has 5 nitrogen and oxygen atoms in total. The largest absolute Gasteiger partial charge is 0.378 e. The van der Waals surface area contributed by atoms with Crippen molar-refractivity contribution >= 4 is 28.4 Å². The summed E-state index contributed by atoms with van der Waals surface area (Å²) in [5.41, 5.74) is 4.46. The molecule has 6 heteroatoms. The number of anilines is 1. The molecule has 1 fully saturated rings. The molecule has 0 unspecified atom stereocenters. The Balaban J connectivity index is 1.29. The Morgan fingerprint density at radius 1 is 1.13 bits per heavy atom. The number of nitrogens with zero attached hydrogens (tertiary/aromatic N) is 3. The molecular weight excluding hydrogens is 392 g/mol. The lowest BCUT2D eigenvalue weighted by Gasteiger charge is -2.31. The third-order valence-electron chi connectivity index (χ3n) is 5.84. The number of aryl methyl sites for hydroxylation is 1. The molecule has 0 spiro atoms. The van der Waals surface area contributed by atoms with Gasteiger partial charge in [-0.05, 0) is 62.2 Å². The van der Waals surface area contributed by atoms with E-state index in [2.05, 4.69) is 53.1 Å².